The standard InChI is InChI=1S/C23H40N4O2S/c1-5-8-16-27(7-3)17-14-22(28)26-20-12-9-11-19(18-20)25-15-10-13-21(30-4)23(29)24-6-2/h9,11-12,18,21,25H,5-8,10,13-17H2,1-4H3,(H,24,29)(H,26,28). The Morgan fingerprint density at radius 3 is 2.53 bits per heavy atom. The second-order valence-corrected chi connectivity index (χ2v) is 8.40. The van der Waals surface area contributed by atoms with Crippen LogP contribution in [-0.2, 0) is 9.59 Å². The lowest BCUT2D eigenvalue weighted by molar-refractivity contribution is -0.120. The van der Waals surface area contributed by atoms with Crippen LogP contribution in [0.1, 0.15) is 52.9 Å². The first-order valence-corrected chi connectivity index (χ1v) is 12.5. The normalized spacial score (nSPS) is 11.9. The van der Waals surface area contributed by atoms with Crippen LogP contribution in [-0.4, -0.2) is 60.9 Å². The molecular weight excluding hydrogens is 396 g/mol. The zero-order valence-corrected chi connectivity index (χ0v) is 19.9. The van der Waals surface area contributed by atoms with Crippen LogP contribution >= 0.6 is 11.8 Å². The molecule has 0 aliphatic heterocycles. The van der Waals surface area contributed by atoms with E-state index in [2.05, 4.69) is 34.7 Å². The van der Waals surface area contributed by atoms with E-state index < -0.39 is 0 Å². The zero-order chi connectivity index (χ0) is 22.2. The van der Waals surface area contributed by atoms with Crippen LogP contribution in [0.2, 0.25) is 0 Å². The number of anilines is 2. The van der Waals surface area contributed by atoms with E-state index in [1.54, 1.807) is 11.8 Å². The van der Waals surface area contributed by atoms with Crippen molar-refractivity contribution < 1.29 is 9.59 Å². The topological polar surface area (TPSA) is 73.5 Å². The molecule has 0 bridgehead atoms. The number of hydrogen-bond donors (Lipinski definition) is 3. The summed E-state index contributed by atoms with van der Waals surface area (Å²) in [5, 5.41) is 9.28. The third kappa shape index (κ3) is 10.9. The van der Waals surface area contributed by atoms with Gasteiger partial charge in [-0.05, 0) is 63.7 Å². The Labute approximate surface area is 186 Å². The quantitative estimate of drug-likeness (QED) is 0.339. The van der Waals surface area contributed by atoms with Crippen LogP contribution < -0.4 is 16.0 Å². The highest BCUT2D eigenvalue weighted by molar-refractivity contribution is 7.99. The molecule has 0 radical (unpaired) electrons. The molecule has 1 aromatic carbocycles. The Balaban J connectivity index is 2.39. The van der Waals surface area contributed by atoms with E-state index in [1.807, 2.05) is 37.4 Å². The third-order valence-electron chi connectivity index (χ3n) is 4.98. The zero-order valence-electron chi connectivity index (χ0n) is 19.1. The minimum absolute atomic E-state index is 0.00242. The van der Waals surface area contributed by atoms with Gasteiger partial charge in [-0.15, -0.1) is 0 Å². The predicted molar refractivity (Wildman–Crippen MR) is 130 cm³/mol. The lowest BCUT2D eigenvalue weighted by Gasteiger charge is -2.19. The molecule has 30 heavy (non-hydrogen) atoms. The summed E-state index contributed by atoms with van der Waals surface area (Å²) in [6.07, 6.45) is 6.57. The van der Waals surface area contributed by atoms with Gasteiger partial charge in [0.2, 0.25) is 11.8 Å². The summed E-state index contributed by atoms with van der Waals surface area (Å²) in [5.74, 6) is 0.165. The SMILES string of the molecule is CCCCN(CC)CCC(=O)Nc1cccc(NCCCC(SC)C(=O)NCC)c1. The van der Waals surface area contributed by atoms with Crippen LogP contribution in [0.4, 0.5) is 11.4 Å². The number of rotatable bonds is 16. The van der Waals surface area contributed by atoms with E-state index in [1.165, 1.54) is 12.8 Å². The first kappa shape index (κ1) is 26.3. The largest absolute Gasteiger partial charge is 0.385 e. The minimum atomic E-state index is -0.00242. The molecule has 0 heterocycles. The molecule has 0 aliphatic rings. The monoisotopic (exact) mass is 436 g/mol. The van der Waals surface area contributed by atoms with Gasteiger partial charge in [-0.2, -0.15) is 11.8 Å². The van der Waals surface area contributed by atoms with Crippen molar-refractivity contribution in [3.63, 3.8) is 0 Å². The van der Waals surface area contributed by atoms with Gasteiger partial charge in [0, 0.05) is 37.4 Å². The number of hydrogen-bond acceptors (Lipinski definition) is 5. The molecule has 2 amide bonds. The number of thioether (sulfide) groups is 1. The van der Waals surface area contributed by atoms with Gasteiger partial charge >= 0.3 is 0 Å². The van der Waals surface area contributed by atoms with Crippen LogP contribution in [0, 0.1) is 0 Å². The first-order chi connectivity index (χ1) is 14.5. The van der Waals surface area contributed by atoms with E-state index in [9.17, 15) is 9.59 Å². The molecule has 6 nitrogen and oxygen atoms in total. The smallest absolute Gasteiger partial charge is 0.233 e. The van der Waals surface area contributed by atoms with Crippen LogP contribution in [0.5, 0.6) is 0 Å². The summed E-state index contributed by atoms with van der Waals surface area (Å²) in [5.41, 5.74) is 1.79. The maximum absolute atomic E-state index is 12.3. The van der Waals surface area contributed by atoms with Crippen molar-refractivity contribution >= 4 is 35.0 Å². The van der Waals surface area contributed by atoms with Gasteiger partial charge in [0.1, 0.15) is 0 Å². The summed E-state index contributed by atoms with van der Waals surface area (Å²) >= 11 is 1.60. The maximum atomic E-state index is 12.3. The molecule has 0 saturated carbocycles. The summed E-state index contributed by atoms with van der Waals surface area (Å²) in [6, 6.07) is 7.81. The molecule has 1 rings (SSSR count). The van der Waals surface area contributed by atoms with Crippen molar-refractivity contribution in [2.24, 2.45) is 0 Å². The average molecular weight is 437 g/mol. The molecular formula is C23H40N4O2S. The van der Waals surface area contributed by atoms with Crippen LogP contribution in [0.25, 0.3) is 0 Å². The van der Waals surface area contributed by atoms with Gasteiger partial charge in [0.15, 0.2) is 0 Å². The molecule has 1 aromatic rings. The molecule has 0 fully saturated rings. The van der Waals surface area contributed by atoms with E-state index in [4.69, 9.17) is 0 Å². The highest BCUT2D eigenvalue weighted by atomic mass is 32.2. The summed E-state index contributed by atoms with van der Waals surface area (Å²) in [4.78, 5) is 26.6. The number of unbranched alkanes of at least 4 members (excludes halogenated alkanes) is 1. The van der Waals surface area contributed by atoms with E-state index in [-0.39, 0.29) is 17.1 Å². The Morgan fingerprint density at radius 2 is 1.87 bits per heavy atom. The van der Waals surface area contributed by atoms with Gasteiger partial charge < -0.3 is 20.9 Å². The third-order valence-corrected chi connectivity index (χ3v) is 6.00. The predicted octanol–water partition coefficient (Wildman–Crippen LogP) is 4.20. The molecule has 0 spiro atoms. The summed E-state index contributed by atoms with van der Waals surface area (Å²) in [6.45, 7) is 10.5. The molecule has 1 unspecified atom stereocenters. The van der Waals surface area contributed by atoms with E-state index >= 15 is 0 Å². The number of amides is 2. The summed E-state index contributed by atoms with van der Waals surface area (Å²) in [7, 11) is 0. The highest BCUT2D eigenvalue weighted by Gasteiger charge is 2.15. The average Bonchev–Trinajstić information content (AvgIpc) is 2.74. The van der Waals surface area contributed by atoms with E-state index in [0.717, 1.165) is 50.4 Å². The molecule has 7 heteroatoms. The van der Waals surface area contributed by atoms with Gasteiger partial charge in [-0.1, -0.05) is 26.3 Å². The molecule has 3 N–H and O–H groups in total. The van der Waals surface area contributed by atoms with Crippen LogP contribution in [0.15, 0.2) is 24.3 Å². The van der Waals surface area contributed by atoms with Gasteiger partial charge in [-0.3, -0.25) is 9.59 Å². The Morgan fingerprint density at radius 1 is 1.10 bits per heavy atom. The fourth-order valence-corrected chi connectivity index (χ4v) is 3.86. The van der Waals surface area contributed by atoms with Gasteiger partial charge in [0.05, 0.1) is 5.25 Å². The lowest BCUT2D eigenvalue weighted by Crippen LogP contribution is -2.32. The van der Waals surface area contributed by atoms with Crippen molar-refractivity contribution in [2.45, 2.75) is 58.1 Å². The molecule has 0 saturated heterocycles. The maximum Gasteiger partial charge on any atom is 0.233 e. The van der Waals surface area contributed by atoms with E-state index in [0.29, 0.717) is 13.0 Å². The fraction of sp³-hybridized carbons (Fsp3) is 0.652. The van der Waals surface area contributed by atoms with Gasteiger partial charge in [0.25, 0.3) is 0 Å². The van der Waals surface area contributed by atoms with Crippen molar-refractivity contribution in [2.75, 3.05) is 49.6 Å². The number of benzene rings is 1. The Kier molecular flexibility index (Phi) is 14.1. The summed E-state index contributed by atoms with van der Waals surface area (Å²) < 4.78 is 0. The van der Waals surface area contributed by atoms with Crippen molar-refractivity contribution in [1.29, 1.82) is 0 Å². The first-order valence-electron chi connectivity index (χ1n) is 11.2. The number of nitrogens with one attached hydrogen (secondary N) is 3. The second-order valence-electron chi connectivity index (χ2n) is 7.35. The van der Waals surface area contributed by atoms with Gasteiger partial charge in [-0.25, -0.2) is 0 Å². The molecule has 1 atom stereocenters. The highest BCUT2D eigenvalue weighted by Crippen LogP contribution is 2.17. The van der Waals surface area contributed by atoms with Crippen LogP contribution in [0.3, 0.4) is 0 Å². The van der Waals surface area contributed by atoms with Crippen molar-refractivity contribution in [3.8, 4) is 0 Å². The lowest BCUT2D eigenvalue weighted by atomic mass is 10.2. The second kappa shape index (κ2) is 16.0. The number of nitrogens with zero attached hydrogens (tertiary/aromatic N) is 1. The molecule has 170 valence electrons. The Bertz CT molecular complexity index is 627. The number of carbonyl (C=O) groups is 2. The van der Waals surface area contributed by atoms with Crippen molar-refractivity contribution in [1.82, 2.24) is 10.2 Å². The molecule has 0 aliphatic carbocycles. The Hall–Kier alpha value is -1.73. The minimum Gasteiger partial charge on any atom is -0.385 e. The van der Waals surface area contributed by atoms with Crippen molar-refractivity contribution in [3.05, 3.63) is 24.3 Å². The molecule has 0 aromatic heterocycles. The fourth-order valence-electron chi connectivity index (χ4n) is 3.16. The number of carbonyl (C=O) groups excluding carboxylic acids is 2.